The van der Waals surface area contributed by atoms with Crippen LogP contribution in [0.2, 0.25) is 0 Å². The third kappa shape index (κ3) is 47.9. The number of thioether (sulfide) groups is 4. The van der Waals surface area contributed by atoms with E-state index in [1.807, 2.05) is 146 Å². The Morgan fingerprint density at radius 2 is 0.351 bits per heavy atom. The molecule has 0 bridgehead atoms. The number of halogens is 12. The maximum atomic E-state index is 10.7. The molecule has 0 unspecified atom stereocenters. The summed E-state index contributed by atoms with van der Waals surface area (Å²) in [5.74, 6) is 53.2. The average molecular weight is 2170 g/mol. The first kappa shape index (κ1) is 116. The van der Waals surface area contributed by atoms with Crippen LogP contribution in [-0.4, -0.2) is 159 Å². The number of aromatic nitrogens is 12. The van der Waals surface area contributed by atoms with Gasteiger partial charge in [-0.1, -0.05) is 47.4 Å². The Morgan fingerprint density at radius 3 is 0.433 bits per heavy atom. The van der Waals surface area contributed by atoms with Crippen molar-refractivity contribution >= 4 is 87.5 Å². The molecule has 0 spiro atoms. The molecule has 0 saturated carbocycles. The van der Waals surface area contributed by atoms with Gasteiger partial charge in [-0.15, -0.1) is 0 Å². The maximum Gasteiger partial charge on any atom is 2.00 e. The van der Waals surface area contributed by atoms with Crippen molar-refractivity contribution < 1.29 is 145 Å². The van der Waals surface area contributed by atoms with Gasteiger partial charge in [0.05, 0.1) is 0 Å². The van der Waals surface area contributed by atoms with Gasteiger partial charge in [0, 0.05) is 167 Å². The third-order valence-electron chi connectivity index (χ3n) is 13.9. The molecule has 0 fully saturated rings. The second kappa shape index (κ2) is 58.7. The molecule has 0 aliphatic heterocycles. The Balaban J connectivity index is 0.000000412. The third-order valence-corrected chi connectivity index (χ3v) is 18.6. The summed E-state index contributed by atoms with van der Waals surface area (Å²) in [4.78, 5) is 50.8. The topological polar surface area (TPSA) is 383 Å². The summed E-state index contributed by atoms with van der Waals surface area (Å²) in [7, 11) is -24.4. The van der Waals surface area contributed by atoms with Crippen LogP contribution in [0.3, 0.4) is 0 Å². The summed E-state index contributed by atoms with van der Waals surface area (Å²) >= 11 is 7.03. The quantitative estimate of drug-likeness (QED) is 0.0448. The molecular formula is C88H60F12N12O12Pd2S8. The second-order valence-electron chi connectivity index (χ2n) is 24.2. The van der Waals surface area contributed by atoms with Crippen LogP contribution >= 0.6 is 47.0 Å². The first-order valence-corrected chi connectivity index (χ1v) is 47.0. The number of alkyl halides is 12. The molecule has 0 radical (unpaired) electrons. The fraction of sp³-hybridized carbons (Fsp3) is 0.136. The van der Waals surface area contributed by atoms with Crippen LogP contribution < -0.4 is 0 Å². The van der Waals surface area contributed by atoms with Crippen LogP contribution in [0.15, 0.2) is 245 Å². The number of pyridine rings is 12. The number of hydrogen-bond donors (Lipinski definition) is 0. The van der Waals surface area contributed by atoms with Crippen LogP contribution in [0.4, 0.5) is 52.7 Å². The van der Waals surface area contributed by atoms with Gasteiger partial charge in [0.15, 0.2) is 40.5 Å². The minimum absolute atomic E-state index is 0. The monoisotopic (exact) mass is 2170 g/mol. The van der Waals surface area contributed by atoms with E-state index in [0.29, 0.717) is 45.6 Å². The van der Waals surface area contributed by atoms with Crippen LogP contribution in [0, 0.1) is 94.7 Å². The van der Waals surface area contributed by atoms with Crippen molar-refractivity contribution in [3.8, 4) is 94.7 Å². The Kier molecular flexibility index (Phi) is 50.8. The van der Waals surface area contributed by atoms with Gasteiger partial charge in [0.2, 0.25) is 0 Å². The van der Waals surface area contributed by atoms with Gasteiger partial charge >= 0.3 is 62.9 Å². The maximum absolute atomic E-state index is 10.7. The molecule has 0 aliphatic rings. The molecule has 24 nitrogen and oxygen atoms in total. The average Bonchev–Trinajstić information content (AvgIpc) is 0.869. The molecule has 0 atom stereocenters. The predicted octanol–water partition coefficient (Wildman–Crippen LogP) is 14.3. The van der Waals surface area contributed by atoms with E-state index in [-0.39, 0.29) is 40.8 Å². The van der Waals surface area contributed by atoms with Gasteiger partial charge in [-0.05, 0) is 240 Å². The molecule has 12 rings (SSSR count). The van der Waals surface area contributed by atoms with Crippen molar-refractivity contribution in [3.63, 3.8) is 0 Å². The first-order valence-electron chi connectivity index (χ1n) is 35.8. The fourth-order valence-electron chi connectivity index (χ4n) is 8.44. The Hall–Kier alpha value is -12.2. The van der Waals surface area contributed by atoms with Crippen molar-refractivity contribution in [2.75, 3.05) is 25.0 Å². The van der Waals surface area contributed by atoms with Crippen molar-refractivity contribution in [3.05, 3.63) is 357 Å². The second-order valence-corrected chi connectivity index (χ2v) is 33.2. The summed E-state index contributed by atoms with van der Waals surface area (Å²) in [5.41, 5.74) is -5.32. The van der Waals surface area contributed by atoms with E-state index in [9.17, 15) is 52.7 Å². The fourth-order valence-corrected chi connectivity index (χ4v) is 10.4. The minimum Gasteiger partial charge on any atom is -0.741 e. The molecule has 12 heterocycles. The number of hydrogen-bond acceptors (Lipinski definition) is 28. The molecule has 0 aliphatic carbocycles. The first-order chi connectivity index (χ1) is 62.3. The van der Waals surface area contributed by atoms with E-state index in [1.54, 1.807) is 146 Å². The Labute approximate surface area is 808 Å². The van der Waals surface area contributed by atoms with E-state index in [4.69, 9.17) is 51.9 Å². The summed E-state index contributed by atoms with van der Waals surface area (Å²) < 4.78 is 236. The van der Waals surface area contributed by atoms with E-state index in [1.165, 1.54) is 0 Å². The number of nitrogens with zero attached hydrogens (tertiary/aromatic N) is 12. The van der Waals surface area contributed by atoms with Gasteiger partial charge in [0.25, 0.3) is 0 Å². The summed E-state index contributed by atoms with van der Waals surface area (Å²) in [6.45, 7) is 0. The summed E-state index contributed by atoms with van der Waals surface area (Å²) in [6.07, 6.45) is 36.0. The zero-order chi connectivity index (χ0) is 97.3. The van der Waals surface area contributed by atoms with Crippen LogP contribution in [0.1, 0.15) is 112 Å². The van der Waals surface area contributed by atoms with Gasteiger partial charge in [0.1, 0.15) is 45.6 Å². The Bertz CT molecular complexity index is 5720. The van der Waals surface area contributed by atoms with Gasteiger partial charge in [-0.3, -0.25) is 39.9 Å². The molecule has 12 aromatic heterocycles. The number of rotatable bonds is 8. The van der Waals surface area contributed by atoms with Gasteiger partial charge in [-0.2, -0.15) is 99.7 Å². The molecule has 0 amide bonds. The van der Waals surface area contributed by atoms with E-state index >= 15 is 0 Å². The van der Waals surface area contributed by atoms with Gasteiger partial charge < -0.3 is 18.2 Å². The smallest absolute Gasteiger partial charge is 0.741 e. The molecule has 0 aromatic carbocycles. The van der Waals surface area contributed by atoms with Crippen LogP contribution in [0.5, 0.6) is 0 Å². The largest absolute Gasteiger partial charge is 2.00 e. The molecule has 0 saturated heterocycles. The van der Waals surface area contributed by atoms with E-state index < -0.39 is 62.5 Å². The predicted molar refractivity (Wildman–Crippen MR) is 471 cm³/mol. The van der Waals surface area contributed by atoms with Crippen molar-refractivity contribution in [1.29, 1.82) is 0 Å². The minimum atomic E-state index is -6.09. The van der Waals surface area contributed by atoms with Crippen LogP contribution in [-0.2, 0) is 104 Å². The zero-order valence-corrected chi connectivity index (χ0v) is 78.3. The van der Waals surface area contributed by atoms with Gasteiger partial charge in [-0.25, -0.2) is 53.6 Å². The zero-order valence-electron chi connectivity index (χ0n) is 68.6. The van der Waals surface area contributed by atoms with Crippen molar-refractivity contribution in [1.82, 2.24) is 59.8 Å². The van der Waals surface area contributed by atoms with Crippen molar-refractivity contribution in [2.45, 2.75) is 45.0 Å². The normalized spacial score (nSPS) is 10.4. The SMILES string of the molecule is CSCc1cc(C#Cc2cccnc2)nc(C#Cc2cccnc2)c1.CSCc1cc(C#Cc2cccnc2)nc(C#Cc2cccnc2)c1.CSCc1cc(C#Cc2cccnc2)nc(C#Cc2cccnc2)c1.CSCc1cc(C#Cc2cccnc2)nc(C#Cc2cccnc2)c1.O=S(=O)([O-])C(F)(F)F.O=S(=O)([O-])C(F)(F)F.O=S(=O)([O-])C(F)(F)F.O=S(=O)([O-])C(F)(F)F.[Pd+2].[Pd+2]. The van der Waals surface area contributed by atoms with E-state index in [2.05, 4.69) is 180 Å². The molecule has 0 N–H and O–H groups in total. The standard InChI is InChI=1S/4C21H15N3S.4CHF3O3S.2Pd/c4*1-25-16-19-12-20(8-6-17-4-2-10-22-14-17)24-21(13-19)9-7-18-5-3-11-23-15-18;4*2-1(3,4)8(5,6)7;;/h4*2-5,10-15H,16H2,1H3;4*(H,5,6,7);;/q;;;;;;;;2*+2/p-4. The van der Waals surface area contributed by atoms with E-state index in [0.717, 1.165) is 89.8 Å². The summed E-state index contributed by atoms with van der Waals surface area (Å²) in [6, 6.07) is 46.4. The molecular weight excluding hydrogens is 2110 g/mol. The molecule has 46 heteroatoms. The molecule has 696 valence electrons. The van der Waals surface area contributed by atoms with Crippen LogP contribution in [0.25, 0.3) is 0 Å². The molecule has 12 aromatic rings. The summed E-state index contributed by atoms with van der Waals surface area (Å²) in [5, 5.41) is 0. The Morgan fingerprint density at radius 1 is 0.239 bits per heavy atom. The van der Waals surface area contributed by atoms with Crippen molar-refractivity contribution in [2.24, 2.45) is 0 Å². The molecule has 134 heavy (non-hydrogen) atoms.